The molecular formula is C14H16N4O4S. The van der Waals surface area contributed by atoms with E-state index in [4.69, 9.17) is 5.14 Å². The predicted molar refractivity (Wildman–Crippen MR) is 85.6 cm³/mol. The largest absolute Gasteiger partial charge is 0.364 e. The van der Waals surface area contributed by atoms with Crippen LogP contribution in [0, 0.1) is 17.0 Å². The molecule has 23 heavy (non-hydrogen) atoms. The van der Waals surface area contributed by atoms with Gasteiger partial charge in [-0.2, -0.15) is 0 Å². The van der Waals surface area contributed by atoms with E-state index in [1.54, 1.807) is 25.1 Å². The van der Waals surface area contributed by atoms with Gasteiger partial charge in [0.2, 0.25) is 15.8 Å². The number of primary sulfonamides is 1. The van der Waals surface area contributed by atoms with E-state index in [2.05, 4.69) is 10.3 Å². The highest BCUT2D eigenvalue weighted by Crippen LogP contribution is 2.21. The van der Waals surface area contributed by atoms with Gasteiger partial charge in [0.15, 0.2) is 0 Å². The zero-order chi connectivity index (χ0) is 17.0. The summed E-state index contributed by atoms with van der Waals surface area (Å²) in [6.45, 7) is 2.17. The minimum atomic E-state index is -3.70. The number of pyridine rings is 1. The fourth-order valence-electron chi connectivity index (χ4n) is 2.00. The number of nitrogens with one attached hydrogen (secondary N) is 1. The second-order valence-electron chi connectivity index (χ2n) is 4.94. The summed E-state index contributed by atoms with van der Waals surface area (Å²) in [6.07, 6.45) is 0.553. The van der Waals surface area contributed by atoms with Crippen LogP contribution in [0.25, 0.3) is 0 Å². The summed E-state index contributed by atoms with van der Waals surface area (Å²) in [7, 11) is -3.70. The van der Waals surface area contributed by atoms with Crippen LogP contribution >= 0.6 is 0 Å². The van der Waals surface area contributed by atoms with Crippen LogP contribution in [0.1, 0.15) is 11.3 Å². The molecule has 0 saturated heterocycles. The fourth-order valence-corrected chi connectivity index (χ4v) is 2.51. The molecular weight excluding hydrogens is 320 g/mol. The molecule has 0 radical (unpaired) electrons. The molecule has 0 saturated carbocycles. The average molecular weight is 336 g/mol. The third-order valence-corrected chi connectivity index (χ3v) is 4.10. The van der Waals surface area contributed by atoms with Crippen LogP contribution in [0.5, 0.6) is 0 Å². The third kappa shape index (κ3) is 4.47. The van der Waals surface area contributed by atoms with Gasteiger partial charge >= 0.3 is 5.69 Å². The SMILES string of the molecule is Cc1ccc([N+](=O)[O-])c(NCCc2ccc(S(N)(=O)=O)cc2)n1. The van der Waals surface area contributed by atoms with Gasteiger partial charge in [-0.25, -0.2) is 18.5 Å². The van der Waals surface area contributed by atoms with Crippen molar-refractivity contribution in [3.8, 4) is 0 Å². The number of nitrogens with two attached hydrogens (primary N) is 1. The molecule has 1 heterocycles. The van der Waals surface area contributed by atoms with E-state index in [0.717, 1.165) is 5.56 Å². The van der Waals surface area contributed by atoms with Gasteiger partial charge in [0.25, 0.3) is 0 Å². The molecule has 9 heteroatoms. The highest BCUT2D eigenvalue weighted by molar-refractivity contribution is 7.89. The van der Waals surface area contributed by atoms with Crippen molar-refractivity contribution in [2.24, 2.45) is 5.14 Å². The van der Waals surface area contributed by atoms with Gasteiger partial charge < -0.3 is 5.32 Å². The van der Waals surface area contributed by atoms with Crippen LogP contribution in [0.2, 0.25) is 0 Å². The molecule has 1 aromatic carbocycles. The van der Waals surface area contributed by atoms with E-state index in [1.807, 2.05) is 0 Å². The Morgan fingerprint density at radius 1 is 1.22 bits per heavy atom. The first-order valence-corrected chi connectivity index (χ1v) is 8.29. The molecule has 0 spiro atoms. The summed E-state index contributed by atoms with van der Waals surface area (Å²) in [5, 5.41) is 18.9. The van der Waals surface area contributed by atoms with Crippen LogP contribution in [0.4, 0.5) is 11.5 Å². The molecule has 1 aromatic heterocycles. The normalized spacial score (nSPS) is 11.2. The number of anilines is 1. The number of sulfonamides is 1. The second-order valence-corrected chi connectivity index (χ2v) is 6.50. The average Bonchev–Trinajstić information content (AvgIpc) is 2.46. The Morgan fingerprint density at radius 3 is 2.43 bits per heavy atom. The lowest BCUT2D eigenvalue weighted by Crippen LogP contribution is -2.12. The molecule has 0 unspecified atom stereocenters. The summed E-state index contributed by atoms with van der Waals surface area (Å²) in [4.78, 5) is 14.6. The van der Waals surface area contributed by atoms with Crippen molar-refractivity contribution in [2.45, 2.75) is 18.2 Å². The Balaban J connectivity index is 2.03. The Hall–Kier alpha value is -2.52. The number of nitrogens with zero attached hydrogens (tertiary/aromatic N) is 2. The van der Waals surface area contributed by atoms with Gasteiger partial charge in [-0.15, -0.1) is 0 Å². The van der Waals surface area contributed by atoms with Crippen LogP contribution in [-0.2, 0) is 16.4 Å². The number of benzene rings is 1. The van der Waals surface area contributed by atoms with Crippen molar-refractivity contribution in [3.63, 3.8) is 0 Å². The smallest absolute Gasteiger partial charge is 0.311 e. The molecule has 0 fully saturated rings. The van der Waals surface area contributed by atoms with Gasteiger partial charge in [0, 0.05) is 18.3 Å². The van der Waals surface area contributed by atoms with Crippen LogP contribution in [0.15, 0.2) is 41.3 Å². The van der Waals surface area contributed by atoms with Gasteiger partial charge in [-0.1, -0.05) is 12.1 Å². The first kappa shape index (κ1) is 16.8. The van der Waals surface area contributed by atoms with Crippen molar-refractivity contribution in [1.29, 1.82) is 0 Å². The quantitative estimate of drug-likeness (QED) is 0.609. The molecule has 8 nitrogen and oxygen atoms in total. The van der Waals surface area contributed by atoms with E-state index in [0.29, 0.717) is 18.7 Å². The highest BCUT2D eigenvalue weighted by atomic mass is 32.2. The zero-order valence-electron chi connectivity index (χ0n) is 12.4. The summed E-state index contributed by atoms with van der Waals surface area (Å²) < 4.78 is 22.3. The maximum Gasteiger partial charge on any atom is 0.311 e. The van der Waals surface area contributed by atoms with Crippen molar-refractivity contribution in [3.05, 3.63) is 57.8 Å². The van der Waals surface area contributed by atoms with Gasteiger partial charge in [0.05, 0.1) is 9.82 Å². The van der Waals surface area contributed by atoms with Crippen LogP contribution in [-0.4, -0.2) is 24.9 Å². The maximum atomic E-state index is 11.2. The van der Waals surface area contributed by atoms with Gasteiger partial charge in [0.1, 0.15) is 0 Å². The fraction of sp³-hybridized carbons (Fsp3) is 0.214. The van der Waals surface area contributed by atoms with Crippen molar-refractivity contribution >= 4 is 21.5 Å². The number of hydrogen-bond donors (Lipinski definition) is 2. The molecule has 2 aromatic rings. The van der Waals surface area contributed by atoms with E-state index in [1.165, 1.54) is 18.2 Å². The summed E-state index contributed by atoms with van der Waals surface area (Å²) in [5.41, 5.74) is 1.47. The maximum absolute atomic E-state index is 11.2. The number of nitro groups is 1. The van der Waals surface area contributed by atoms with E-state index in [9.17, 15) is 18.5 Å². The Kier molecular flexibility index (Phi) is 4.92. The number of aromatic nitrogens is 1. The molecule has 0 aliphatic heterocycles. The first-order valence-electron chi connectivity index (χ1n) is 6.75. The number of aryl methyl sites for hydroxylation is 1. The molecule has 122 valence electrons. The molecule has 0 aliphatic carbocycles. The third-order valence-electron chi connectivity index (χ3n) is 3.17. The molecule has 2 rings (SSSR count). The predicted octanol–water partition coefficient (Wildman–Crippen LogP) is 1.60. The van der Waals surface area contributed by atoms with Crippen molar-refractivity contribution in [2.75, 3.05) is 11.9 Å². The summed E-state index contributed by atoms with van der Waals surface area (Å²) in [5.74, 6) is 0.219. The molecule has 0 aliphatic rings. The van der Waals surface area contributed by atoms with Gasteiger partial charge in [-0.05, 0) is 37.1 Å². The monoisotopic (exact) mass is 336 g/mol. The minimum absolute atomic E-state index is 0.0465. The Morgan fingerprint density at radius 2 is 1.87 bits per heavy atom. The molecule has 0 amide bonds. The van der Waals surface area contributed by atoms with E-state index >= 15 is 0 Å². The highest BCUT2D eigenvalue weighted by Gasteiger charge is 2.14. The zero-order valence-corrected chi connectivity index (χ0v) is 13.2. The first-order chi connectivity index (χ1) is 10.8. The molecule has 0 bridgehead atoms. The standard InChI is InChI=1S/C14H16N4O4S/c1-10-2-7-13(18(19)20)14(17-10)16-9-8-11-3-5-12(6-4-11)23(15,21)22/h2-7H,8-9H2,1H3,(H,16,17)(H2,15,21,22). The van der Waals surface area contributed by atoms with E-state index < -0.39 is 14.9 Å². The number of rotatable bonds is 6. The Bertz CT molecular complexity index is 819. The topological polar surface area (TPSA) is 128 Å². The van der Waals surface area contributed by atoms with Crippen LogP contribution < -0.4 is 10.5 Å². The lowest BCUT2D eigenvalue weighted by molar-refractivity contribution is -0.384. The summed E-state index contributed by atoms with van der Waals surface area (Å²) in [6, 6.07) is 9.15. The lowest BCUT2D eigenvalue weighted by atomic mass is 10.1. The van der Waals surface area contributed by atoms with Crippen molar-refractivity contribution < 1.29 is 13.3 Å². The van der Waals surface area contributed by atoms with Crippen molar-refractivity contribution in [1.82, 2.24) is 4.98 Å². The van der Waals surface area contributed by atoms with E-state index in [-0.39, 0.29) is 16.4 Å². The van der Waals surface area contributed by atoms with Crippen LogP contribution in [0.3, 0.4) is 0 Å². The number of hydrogen-bond acceptors (Lipinski definition) is 6. The lowest BCUT2D eigenvalue weighted by Gasteiger charge is -2.07. The minimum Gasteiger partial charge on any atom is -0.364 e. The molecule has 0 atom stereocenters. The molecule has 3 N–H and O–H groups in total. The van der Waals surface area contributed by atoms with Gasteiger partial charge in [-0.3, -0.25) is 10.1 Å². The summed E-state index contributed by atoms with van der Waals surface area (Å²) >= 11 is 0. The second kappa shape index (κ2) is 6.71. The Labute approximate surface area is 133 Å².